The molecule has 1 heterocycles. The third-order valence-corrected chi connectivity index (χ3v) is 6.99. The van der Waals surface area contributed by atoms with E-state index in [4.69, 9.17) is 4.52 Å². The topological polar surface area (TPSA) is 56.8 Å². The van der Waals surface area contributed by atoms with E-state index in [1.807, 2.05) is 42.5 Å². The molecule has 0 bridgehead atoms. The van der Waals surface area contributed by atoms with Gasteiger partial charge in [-0.2, -0.15) is 0 Å². The molecule has 0 unspecified atom stereocenters. The summed E-state index contributed by atoms with van der Waals surface area (Å²) in [6, 6.07) is 30.0. The van der Waals surface area contributed by atoms with Crippen molar-refractivity contribution in [1.29, 1.82) is 0 Å². The number of nitrogens with one attached hydrogen (secondary N) is 2. The van der Waals surface area contributed by atoms with Crippen molar-refractivity contribution < 1.29 is 9.32 Å². The number of urea groups is 1. The first-order valence-corrected chi connectivity index (χ1v) is 11.7. The van der Waals surface area contributed by atoms with Gasteiger partial charge in [0.25, 0.3) is 0 Å². The monoisotopic (exact) mass is 434 g/mol. The molecule has 4 rings (SSSR count). The van der Waals surface area contributed by atoms with Gasteiger partial charge in [0, 0.05) is 36.7 Å². The summed E-state index contributed by atoms with van der Waals surface area (Å²) in [6.45, 7) is 2.97. The van der Waals surface area contributed by atoms with Crippen LogP contribution >= 0.6 is 8.45 Å². The second kappa shape index (κ2) is 10.8. The van der Waals surface area contributed by atoms with Gasteiger partial charge in [0.05, 0.1) is 6.61 Å². The highest BCUT2D eigenvalue weighted by atomic mass is 31.2. The van der Waals surface area contributed by atoms with Crippen LogP contribution < -0.4 is 20.0 Å². The fraction of sp³-hybridized carbons (Fsp3) is 0.208. The molecule has 2 N–H and O–H groups in total. The molecule has 160 valence electrons. The Morgan fingerprint density at radius 1 is 0.806 bits per heavy atom. The zero-order chi connectivity index (χ0) is 21.3. The predicted molar refractivity (Wildman–Crippen MR) is 129 cm³/mol. The molecule has 1 aliphatic rings. The van der Waals surface area contributed by atoms with Gasteiger partial charge >= 0.3 is 6.03 Å². The van der Waals surface area contributed by atoms with Crippen LogP contribution in [0.5, 0.6) is 0 Å². The first kappa shape index (κ1) is 21.2. The fourth-order valence-electron chi connectivity index (χ4n) is 3.40. The van der Waals surface area contributed by atoms with Crippen LogP contribution in [0, 0.1) is 0 Å². The third kappa shape index (κ3) is 5.75. The fourth-order valence-corrected chi connectivity index (χ4v) is 5.42. The summed E-state index contributed by atoms with van der Waals surface area (Å²) in [4.78, 5) is 12.0. The Hall–Kier alpha value is -3.08. The van der Waals surface area contributed by atoms with E-state index in [9.17, 15) is 4.79 Å². The Labute approximate surface area is 184 Å². The van der Waals surface area contributed by atoms with Crippen LogP contribution in [0.15, 0.2) is 91.0 Å². The molecule has 0 atom stereocenters. The second-order valence-electron chi connectivity index (χ2n) is 7.10. The minimum Gasteiger partial charge on any atom is -0.338 e. The molecule has 1 aliphatic heterocycles. The lowest BCUT2D eigenvalue weighted by molar-refractivity contribution is 0.251. The van der Waals surface area contributed by atoms with Crippen molar-refractivity contribution in [3.63, 3.8) is 0 Å². The van der Waals surface area contributed by atoms with E-state index < -0.39 is 8.45 Å². The second-order valence-corrected chi connectivity index (χ2v) is 8.83. The van der Waals surface area contributed by atoms with Crippen LogP contribution in [-0.2, 0) is 4.52 Å². The van der Waals surface area contributed by atoms with Gasteiger partial charge in [0.15, 0.2) is 0 Å². The highest BCUT2D eigenvalue weighted by Crippen LogP contribution is 2.53. The number of carbonyl (C=O) groups is 1. The van der Waals surface area contributed by atoms with Crippen LogP contribution in [0.4, 0.5) is 21.9 Å². The van der Waals surface area contributed by atoms with Gasteiger partial charge < -0.3 is 24.5 Å². The largest absolute Gasteiger partial charge is 0.338 e. The molecule has 0 spiro atoms. The van der Waals surface area contributed by atoms with E-state index >= 15 is 0 Å². The van der Waals surface area contributed by atoms with Crippen LogP contribution in [0.1, 0.15) is 6.42 Å². The van der Waals surface area contributed by atoms with Gasteiger partial charge in [-0.3, -0.25) is 0 Å². The summed E-state index contributed by atoms with van der Waals surface area (Å²) in [5, 5.41) is 5.72. The molecule has 6 nitrogen and oxygen atoms in total. The molecule has 0 aliphatic carbocycles. The van der Waals surface area contributed by atoms with Crippen molar-refractivity contribution in [1.82, 2.24) is 5.32 Å². The van der Waals surface area contributed by atoms with E-state index in [0.717, 1.165) is 25.2 Å². The SMILES string of the molecule is O=C(NCCCOP1N(c2ccccc2)CCN1c1ccccc1)Nc1ccccc1. The highest BCUT2D eigenvalue weighted by molar-refractivity contribution is 7.56. The Morgan fingerprint density at radius 2 is 1.32 bits per heavy atom. The zero-order valence-electron chi connectivity index (χ0n) is 17.4. The van der Waals surface area contributed by atoms with Gasteiger partial charge in [-0.15, -0.1) is 0 Å². The van der Waals surface area contributed by atoms with Crippen LogP contribution in [0.3, 0.4) is 0 Å². The molecule has 31 heavy (non-hydrogen) atoms. The lowest BCUT2D eigenvalue weighted by atomic mass is 10.3. The van der Waals surface area contributed by atoms with Crippen molar-refractivity contribution in [2.45, 2.75) is 6.42 Å². The molecule has 1 saturated heterocycles. The van der Waals surface area contributed by atoms with Crippen molar-refractivity contribution in [2.24, 2.45) is 0 Å². The summed E-state index contributed by atoms with van der Waals surface area (Å²) in [6.07, 6.45) is 0.742. The lowest BCUT2D eigenvalue weighted by Gasteiger charge is -2.30. The molecule has 0 aromatic heterocycles. The maximum absolute atomic E-state index is 12.0. The number of benzene rings is 3. The number of para-hydroxylation sites is 3. The molecular weight excluding hydrogens is 407 g/mol. The molecule has 2 amide bonds. The van der Waals surface area contributed by atoms with Gasteiger partial charge in [-0.25, -0.2) is 4.79 Å². The lowest BCUT2D eigenvalue weighted by Crippen LogP contribution is -2.30. The Morgan fingerprint density at radius 3 is 1.87 bits per heavy atom. The van der Waals surface area contributed by atoms with Crippen molar-refractivity contribution in [3.05, 3.63) is 91.0 Å². The summed E-state index contributed by atoms with van der Waals surface area (Å²) in [7, 11) is -0.958. The van der Waals surface area contributed by atoms with E-state index in [0.29, 0.717) is 13.2 Å². The first-order chi connectivity index (χ1) is 15.3. The molecule has 3 aromatic carbocycles. The van der Waals surface area contributed by atoms with Gasteiger partial charge in [0.1, 0.15) is 0 Å². The minimum atomic E-state index is -0.958. The van der Waals surface area contributed by atoms with Crippen LogP contribution in [0.2, 0.25) is 0 Å². The number of amides is 2. The van der Waals surface area contributed by atoms with E-state index in [1.165, 1.54) is 11.4 Å². The molecule has 0 saturated carbocycles. The Balaban J connectivity index is 1.31. The quantitative estimate of drug-likeness (QED) is 0.365. The van der Waals surface area contributed by atoms with Crippen molar-refractivity contribution in [2.75, 3.05) is 40.9 Å². The molecule has 7 heteroatoms. The number of hydrogen-bond donors (Lipinski definition) is 2. The predicted octanol–water partition coefficient (Wildman–Crippen LogP) is 5.47. The average Bonchev–Trinajstić information content (AvgIpc) is 3.24. The van der Waals surface area contributed by atoms with Gasteiger partial charge in [0.2, 0.25) is 8.45 Å². The number of rotatable bonds is 8. The average molecular weight is 434 g/mol. The number of nitrogens with zero attached hydrogens (tertiary/aromatic N) is 2. The molecule has 3 aromatic rings. The standard InChI is InChI=1S/C24H27N4O2P/c29-24(26-21-11-4-1-5-12-21)25-17-10-20-30-31-27(22-13-6-2-7-14-22)18-19-28(31)23-15-8-3-9-16-23/h1-9,11-16H,10,17-20H2,(H2,25,26,29). The smallest absolute Gasteiger partial charge is 0.319 e. The van der Waals surface area contributed by atoms with E-state index in [1.54, 1.807) is 0 Å². The highest BCUT2D eigenvalue weighted by Gasteiger charge is 2.34. The normalized spacial score (nSPS) is 13.9. The molecule has 1 fully saturated rings. The molecule has 0 radical (unpaired) electrons. The number of hydrogen-bond acceptors (Lipinski definition) is 4. The maximum atomic E-state index is 12.0. The summed E-state index contributed by atoms with van der Waals surface area (Å²) in [5.41, 5.74) is 3.13. The zero-order valence-corrected chi connectivity index (χ0v) is 18.2. The molecular formula is C24H27N4O2P. The number of carbonyl (C=O) groups excluding carboxylic acids is 1. The number of anilines is 3. The Kier molecular flexibility index (Phi) is 7.37. The summed E-state index contributed by atoms with van der Waals surface area (Å²) < 4.78 is 11.1. The van der Waals surface area contributed by atoms with Crippen LogP contribution in [-0.4, -0.2) is 32.3 Å². The van der Waals surface area contributed by atoms with Gasteiger partial charge in [-0.05, 0) is 42.8 Å². The third-order valence-electron chi connectivity index (χ3n) is 4.89. The maximum Gasteiger partial charge on any atom is 0.319 e. The summed E-state index contributed by atoms with van der Waals surface area (Å²) >= 11 is 0. The van der Waals surface area contributed by atoms with E-state index in [-0.39, 0.29) is 6.03 Å². The minimum absolute atomic E-state index is 0.199. The summed E-state index contributed by atoms with van der Waals surface area (Å²) in [5.74, 6) is 0. The van der Waals surface area contributed by atoms with Gasteiger partial charge in [-0.1, -0.05) is 54.6 Å². The van der Waals surface area contributed by atoms with Crippen molar-refractivity contribution in [3.8, 4) is 0 Å². The Bertz CT molecular complexity index is 896. The van der Waals surface area contributed by atoms with E-state index in [2.05, 4.69) is 68.5 Å². The van der Waals surface area contributed by atoms with Crippen LogP contribution in [0.25, 0.3) is 0 Å². The van der Waals surface area contributed by atoms with Crippen molar-refractivity contribution >= 4 is 31.5 Å². The first-order valence-electron chi connectivity index (χ1n) is 10.5.